The average Bonchev–Trinajstić information content (AvgIpc) is 3.02. The highest BCUT2D eigenvalue weighted by Gasteiger charge is 2.23. The second-order valence-electron chi connectivity index (χ2n) is 7.43. The van der Waals surface area contributed by atoms with Gasteiger partial charge < -0.3 is 14.8 Å². The molecule has 1 aromatic carbocycles. The monoisotopic (exact) mass is 431 g/mol. The number of esters is 1. The fourth-order valence-electron chi connectivity index (χ4n) is 3.57. The van der Waals surface area contributed by atoms with E-state index < -0.39 is 5.97 Å². The van der Waals surface area contributed by atoms with E-state index in [1.807, 2.05) is 26.0 Å². The van der Waals surface area contributed by atoms with Crippen LogP contribution in [-0.4, -0.2) is 68.6 Å². The van der Waals surface area contributed by atoms with Crippen LogP contribution in [-0.2, 0) is 16.1 Å². The molecule has 1 N–H and O–H groups in total. The fraction of sp³-hybridized carbons (Fsp3) is 0.455. The molecule has 1 amide bonds. The largest absolute Gasteiger partial charge is 0.497 e. The van der Waals surface area contributed by atoms with Crippen molar-refractivity contribution in [3.8, 4) is 5.75 Å². The lowest BCUT2D eigenvalue weighted by Crippen LogP contribution is -2.48. The molecule has 0 aliphatic carbocycles. The first-order valence-corrected chi connectivity index (χ1v) is 10.8. The van der Waals surface area contributed by atoms with E-state index >= 15 is 0 Å². The first kappa shape index (κ1) is 22.3. The fourth-order valence-corrected chi connectivity index (χ4v) is 4.63. The number of amides is 1. The van der Waals surface area contributed by atoms with Crippen molar-refractivity contribution in [1.29, 1.82) is 0 Å². The maximum atomic E-state index is 12.6. The minimum atomic E-state index is -0.418. The van der Waals surface area contributed by atoms with Crippen LogP contribution in [0.3, 0.4) is 0 Å². The summed E-state index contributed by atoms with van der Waals surface area (Å²) in [6.45, 7) is 8.42. The zero-order valence-electron chi connectivity index (χ0n) is 18.0. The van der Waals surface area contributed by atoms with Crippen LogP contribution in [0.2, 0.25) is 0 Å². The summed E-state index contributed by atoms with van der Waals surface area (Å²) in [5.74, 6) is 0.342. The summed E-state index contributed by atoms with van der Waals surface area (Å²) in [5, 5.41) is 3.48. The molecule has 7 nitrogen and oxygen atoms in total. The molecule has 0 radical (unpaired) electrons. The van der Waals surface area contributed by atoms with Crippen LogP contribution in [0.5, 0.6) is 5.75 Å². The predicted octanol–water partition coefficient (Wildman–Crippen LogP) is 2.92. The topological polar surface area (TPSA) is 71.1 Å². The number of hydrogen-bond acceptors (Lipinski definition) is 7. The number of nitrogens with one attached hydrogen (secondary N) is 1. The first-order valence-electron chi connectivity index (χ1n) is 9.97. The second kappa shape index (κ2) is 10.1. The van der Waals surface area contributed by atoms with Crippen molar-refractivity contribution in [2.24, 2.45) is 0 Å². The van der Waals surface area contributed by atoms with Gasteiger partial charge in [-0.3, -0.25) is 14.6 Å². The maximum Gasteiger partial charge on any atom is 0.341 e. The Bertz CT molecular complexity index is 904. The van der Waals surface area contributed by atoms with Crippen molar-refractivity contribution in [3.63, 3.8) is 0 Å². The van der Waals surface area contributed by atoms with Crippen molar-refractivity contribution in [1.82, 2.24) is 9.80 Å². The number of aryl methyl sites for hydroxylation is 1. The van der Waals surface area contributed by atoms with E-state index in [-0.39, 0.29) is 5.91 Å². The van der Waals surface area contributed by atoms with Gasteiger partial charge in [-0.2, -0.15) is 0 Å². The summed E-state index contributed by atoms with van der Waals surface area (Å²) in [6, 6.07) is 8.11. The zero-order valence-corrected chi connectivity index (χ0v) is 18.8. The van der Waals surface area contributed by atoms with Crippen molar-refractivity contribution in [2.45, 2.75) is 20.4 Å². The number of carbonyl (C=O) groups excluding carboxylic acids is 2. The van der Waals surface area contributed by atoms with E-state index in [9.17, 15) is 9.59 Å². The smallest absolute Gasteiger partial charge is 0.341 e. The van der Waals surface area contributed by atoms with Crippen LogP contribution in [0, 0.1) is 13.8 Å². The normalized spacial score (nSPS) is 15.1. The average molecular weight is 432 g/mol. The highest BCUT2D eigenvalue weighted by Crippen LogP contribution is 2.32. The molecule has 3 rings (SSSR count). The Morgan fingerprint density at radius 3 is 2.47 bits per heavy atom. The molecule has 0 bridgehead atoms. The number of benzene rings is 1. The summed E-state index contributed by atoms with van der Waals surface area (Å²) in [5.41, 5.74) is 2.53. The number of piperazine rings is 1. The zero-order chi connectivity index (χ0) is 21.7. The highest BCUT2D eigenvalue weighted by atomic mass is 32.1. The van der Waals surface area contributed by atoms with Gasteiger partial charge in [-0.15, -0.1) is 11.3 Å². The van der Waals surface area contributed by atoms with Crippen LogP contribution in [0.4, 0.5) is 5.00 Å². The Kier molecular flexibility index (Phi) is 7.47. The standard InChI is InChI=1S/C22H29N3O4S/c1-15-16(2)30-21(20(15)22(27)29-4)23-19(26)14-25-10-8-24(9-11-25)13-17-6-5-7-18(12-17)28-3/h5-7,12H,8-11,13-14H2,1-4H3,(H,23,26). The number of methoxy groups -OCH3 is 2. The van der Waals surface area contributed by atoms with Crippen LogP contribution in [0.25, 0.3) is 0 Å². The molecule has 0 atom stereocenters. The minimum Gasteiger partial charge on any atom is -0.497 e. The molecule has 162 valence electrons. The summed E-state index contributed by atoms with van der Waals surface area (Å²) in [7, 11) is 3.03. The molecule has 1 aliphatic rings. The van der Waals surface area contributed by atoms with E-state index in [4.69, 9.17) is 9.47 Å². The van der Waals surface area contributed by atoms with E-state index in [1.54, 1.807) is 7.11 Å². The van der Waals surface area contributed by atoms with Crippen molar-refractivity contribution in [3.05, 3.63) is 45.8 Å². The van der Waals surface area contributed by atoms with Gasteiger partial charge in [-0.25, -0.2) is 4.79 Å². The molecule has 1 fully saturated rings. The maximum absolute atomic E-state index is 12.6. The van der Waals surface area contributed by atoms with E-state index in [2.05, 4.69) is 27.2 Å². The molecule has 1 aromatic heterocycles. The molecular weight excluding hydrogens is 402 g/mol. The Morgan fingerprint density at radius 2 is 1.80 bits per heavy atom. The molecule has 0 unspecified atom stereocenters. The molecule has 8 heteroatoms. The van der Waals surface area contributed by atoms with E-state index in [0.29, 0.717) is 17.1 Å². The number of anilines is 1. The summed E-state index contributed by atoms with van der Waals surface area (Å²) >= 11 is 1.41. The lowest BCUT2D eigenvalue weighted by Gasteiger charge is -2.34. The molecule has 0 spiro atoms. The molecule has 0 saturated carbocycles. The Labute approximate surface area is 181 Å². The number of rotatable bonds is 7. The van der Waals surface area contributed by atoms with Crippen LogP contribution >= 0.6 is 11.3 Å². The third kappa shape index (κ3) is 5.38. The van der Waals surface area contributed by atoms with Crippen molar-refractivity contribution < 1.29 is 19.1 Å². The third-order valence-electron chi connectivity index (χ3n) is 5.40. The lowest BCUT2D eigenvalue weighted by molar-refractivity contribution is -0.117. The lowest BCUT2D eigenvalue weighted by atomic mass is 10.1. The third-order valence-corrected chi connectivity index (χ3v) is 6.52. The Balaban J connectivity index is 1.51. The molecule has 1 saturated heterocycles. The van der Waals surface area contributed by atoms with E-state index in [1.165, 1.54) is 24.0 Å². The first-order chi connectivity index (χ1) is 14.4. The highest BCUT2D eigenvalue weighted by molar-refractivity contribution is 7.16. The predicted molar refractivity (Wildman–Crippen MR) is 118 cm³/mol. The van der Waals surface area contributed by atoms with Gasteiger partial charge in [-0.05, 0) is 37.1 Å². The summed E-state index contributed by atoms with van der Waals surface area (Å²) < 4.78 is 10.2. The van der Waals surface area contributed by atoms with Crippen LogP contribution in [0.1, 0.15) is 26.4 Å². The number of ether oxygens (including phenoxy) is 2. The van der Waals surface area contributed by atoms with Gasteiger partial charge in [0.05, 0.1) is 26.3 Å². The number of hydrogen-bond donors (Lipinski definition) is 1. The van der Waals surface area contributed by atoms with Crippen molar-refractivity contribution >= 4 is 28.2 Å². The summed E-state index contributed by atoms with van der Waals surface area (Å²) in [4.78, 5) is 30.2. The molecular formula is C22H29N3O4S. The van der Waals surface area contributed by atoms with Crippen LogP contribution in [0.15, 0.2) is 24.3 Å². The van der Waals surface area contributed by atoms with Gasteiger partial charge >= 0.3 is 5.97 Å². The summed E-state index contributed by atoms with van der Waals surface area (Å²) in [6.07, 6.45) is 0. The molecule has 2 aromatic rings. The Morgan fingerprint density at radius 1 is 1.10 bits per heavy atom. The SMILES string of the molecule is COC(=O)c1c(NC(=O)CN2CCN(Cc3cccc(OC)c3)CC2)sc(C)c1C. The van der Waals surface area contributed by atoms with Gasteiger partial charge in [0.2, 0.25) is 5.91 Å². The number of nitrogens with zero attached hydrogens (tertiary/aromatic N) is 2. The quantitative estimate of drug-likeness (QED) is 0.680. The number of carbonyl (C=O) groups is 2. The van der Waals surface area contributed by atoms with Gasteiger partial charge in [0, 0.05) is 37.6 Å². The molecule has 1 aliphatic heterocycles. The van der Waals surface area contributed by atoms with E-state index in [0.717, 1.165) is 48.9 Å². The number of thiophene rings is 1. The van der Waals surface area contributed by atoms with Crippen LogP contribution < -0.4 is 10.1 Å². The van der Waals surface area contributed by atoms with Gasteiger partial charge in [0.25, 0.3) is 0 Å². The van der Waals surface area contributed by atoms with Crippen molar-refractivity contribution in [2.75, 3.05) is 52.3 Å². The van der Waals surface area contributed by atoms with Gasteiger partial charge in [0.15, 0.2) is 0 Å². The van der Waals surface area contributed by atoms with Gasteiger partial charge in [0.1, 0.15) is 10.8 Å². The minimum absolute atomic E-state index is 0.109. The van der Waals surface area contributed by atoms with Gasteiger partial charge in [-0.1, -0.05) is 12.1 Å². The Hall–Kier alpha value is -2.42. The molecule has 2 heterocycles. The second-order valence-corrected chi connectivity index (χ2v) is 8.66. The molecule has 30 heavy (non-hydrogen) atoms.